The number of benzene rings is 1. The number of aromatic nitrogens is 1. The van der Waals surface area contributed by atoms with Gasteiger partial charge in [-0.3, -0.25) is 0 Å². The molecule has 5 heteroatoms. The monoisotopic (exact) mass is 296 g/mol. The first-order valence-corrected chi connectivity index (χ1v) is 5.71. The number of hydrogen-bond donors (Lipinski definition) is 1. The van der Waals surface area contributed by atoms with Gasteiger partial charge in [0.2, 0.25) is 5.88 Å². The Kier molecular flexibility index (Phi) is 3.28. The number of halogens is 2. The van der Waals surface area contributed by atoms with Gasteiger partial charge in [-0.2, -0.15) is 0 Å². The quantitative estimate of drug-likeness (QED) is 0.920. The third-order valence-electron chi connectivity index (χ3n) is 2.13. The number of aryl methyl sites for hydroxylation is 1. The SMILES string of the molecule is Cc1ccc(N)c(Oc2ccc(Br)c(F)c2)n1. The van der Waals surface area contributed by atoms with E-state index in [-0.39, 0.29) is 5.88 Å². The molecule has 0 spiro atoms. The summed E-state index contributed by atoms with van der Waals surface area (Å²) < 4.78 is 19.1. The molecule has 0 unspecified atom stereocenters. The predicted molar refractivity (Wildman–Crippen MR) is 67.6 cm³/mol. The molecule has 2 N–H and O–H groups in total. The molecule has 0 aliphatic heterocycles. The summed E-state index contributed by atoms with van der Waals surface area (Å²) in [7, 11) is 0. The normalized spacial score (nSPS) is 10.3. The summed E-state index contributed by atoms with van der Waals surface area (Å²) in [5.74, 6) is 0.246. The van der Waals surface area contributed by atoms with Crippen LogP contribution in [-0.4, -0.2) is 4.98 Å². The summed E-state index contributed by atoms with van der Waals surface area (Å²) in [6, 6.07) is 7.96. The molecule has 0 amide bonds. The molecule has 1 aromatic heterocycles. The molecule has 2 aromatic rings. The first-order chi connectivity index (χ1) is 8.06. The zero-order chi connectivity index (χ0) is 12.4. The van der Waals surface area contributed by atoms with Crippen molar-refractivity contribution in [1.82, 2.24) is 4.98 Å². The zero-order valence-electron chi connectivity index (χ0n) is 9.08. The first-order valence-electron chi connectivity index (χ1n) is 4.92. The molecule has 0 aliphatic rings. The Morgan fingerprint density at radius 3 is 2.76 bits per heavy atom. The van der Waals surface area contributed by atoms with E-state index in [4.69, 9.17) is 10.5 Å². The molecule has 0 saturated heterocycles. The Morgan fingerprint density at radius 1 is 1.29 bits per heavy atom. The van der Waals surface area contributed by atoms with Crippen LogP contribution < -0.4 is 10.5 Å². The summed E-state index contributed by atoms with van der Waals surface area (Å²) in [5, 5.41) is 0. The second kappa shape index (κ2) is 4.71. The minimum Gasteiger partial charge on any atom is -0.437 e. The summed E-state index contributed by atoms with van der Waals surface area (Å²) in [4.78, 5) is 4.14. The molecule has 2 rings (SSSR count). The van der Waals surface area contributed by atoms with Gasteiger partial charge in [-0.25, -0.2) is 9.37 Å². The van der Waals surface area contributed by atoms with Crippen LogP contribution in [0.5, 0.6) is 11.6 Å². The molecule has 17 heavy (non-hydrogen) atoms. The van der Waals surface area contributed by atoms with Crippen LogP contribution in [0.4, 0.5) is 10.1 Å². The lowest BCUT2D eigenvalue weighted by Gasteiger charge is -2.08. The van der Waals surface area contributed by atoms with Gasteiger partial charge in [0.25, 0.3) is 0 Å². The maximum Gasteiger partial charge on any atom is 0.242 e. The molecule has 0 bridgehead atoms. The predicted octanol–water partition coefficient (Wildman–Crippen LogP) is 3.67. The Balaban J connectivity index is 2.31. The van der Waals surface area contributed by atoms with Gasteiger partial charge >= 0.3 is 0 Å². The molecule has 0 saturated carbocycles. The van der Waals surface area contributed by atoms with Crippen LogP contribution >= 0.6 is 15.9 Å². The summed E-state index contributed by atoms with van der Waals surface area (Å²) in [5.41, 5.74) is 6.91. The molecule has 1 heterocycles. The van der Waals surface area contributed by atoms with Crippen LogP contribution in [-0.2, 0) is 0 Å². The van der Waals surface area contributed by atoms with Gasteiger partial charge in [-0.1, -0.05) is 0 Å². The van der Waals surface area contributed by atoms with Crippen molar-refractivity contribution in [2.75, 3.05) is 5.73 Å². The number of rotatable bonds is 2. The van der Waals surface area contributed by atoms with E-state index in [1.165, 1.54) is 6.07 Å². The van der Waals surface area contributed by atoms with E-state index in [9.17, 15) is 4.39 Å². The average molecular weight is 297 g/mol. The standard InChI is InChI=1S/C12H10BrFN2O/c1-7-2-5-11(15)12(16-7)17-8-3-4-9(13)10(14)6-8/h2-6H,15H2,1H3. The number of nitrogen functional groups attached to an aromatic ring is 1. The lowest BCUT2D eigenvalue weighted by Crippen LogP contribution is -1.96. The minimum atomic E-state index is -0.395. The zero-order valence-corrected chi connectivity index (χ0v) is 10.7. The van der Waals surface area contributed by atoms with E-state index in [0.29, 0.717) is 15.9 Å². The van der Waals surface area contributed by atoms with E-state index in [1.807, 2.05) is 6.92 Å². The molecular formula is C12H10BrFN2O. The van der Waals surface area contributed by atoms with Crippen molar-refractivity contribution in [2.45, 2.75) is 6.92 Å². The maximum absolute atomic E-state index is 13.3. The molecule has 0 radical (unpaired) electrons. The smallest absolute Gasteiger partial charge is 0.242 e. The minimum absolute atomic E-state index is 0.284. The second-order valence-electron chi connectivity index (χ2n) is 3.52. The van der Waals surface area contributed by atoms with Crippen molar-refractivity contribution in [3.8, 4) is 11.6 Å². The maximum atomic E-state index is 13.3. The van der Waals surface area contributed by atoms with Gasteiger partial charge in [-0.05, 0) is 47.1 Å². The number of nitrogens with zero attached hydrogens (tertiary/aromatic N) is 1. The van der Waals surface area contributed by atoms with Crippen molar-refractivity contribution in [2.24, 2.45) is 0 Å². The summed E-state index contributed by atoms with van der Waals surface area (Å²) in [6.07, 6.45) is 0. The second-order valence-corrected chi connectivity index (χ2v) is 4.38. The van der Waals surface area contributed by atoms with Crippen molar-refractivity contribution >= 4 is 21.6 Å². The van der Waals surface area contributed by atoms with Gasteiger partial charge in [0, 0.05) is 11.8 Å². The number of nitrogens with two attached hydrogens (primary N) is 1. The Morgan fingerprint density at radius 2 is 2.06 bits per heavy atom. The van der Waals surface area contributed by atoms with Crippen molar-refractivity contribution in [1.29, 1.82) is 0 Å². The fourth-order valence-electron chi connectivity index (χ4n) is 1.28. The molecule has 0 aliphatic carbocycles. The fraction of sp³-hybridized carbons (Fsp3) is 0.0833. The van der Waals surface area contributed by atoms with Crippen molar-refractivity contribution in [3.05, 3.63) is 46.3 Å². The van der Waals surface area contributed by atoms with Crippen molar-refractivity contribution < 1.29 is 9.13 Å². The molecule has 88 valence electrons. The van der Waals surface area contributed by atoms with E-state index in [0.717, 1.165) is 5.69 Å². The first kappa shape index (κ1) is 11.9. The van der Waals surface area contributed by atoms with Gasteiger partial charge in [0.1, 0.15) is 11.6 Å². The third-order valence-corrected chi connectivity index (χ3v) is 2.78. The average Bonchev–Trinajstić information content (AvgIpc) is 2.29. The highest BCUT2D eigenvalue weighted by atomic mass is 79.9. The van der Waals surface area contributed by atoms with Crippen LogP contribution in [0, 0.1) is 12.7 Å². The van der Waals surface area contributed by atoms with Crippen LogP contribution in [0.25, 0.3) is 0 Å². The topological polar surface area (TPSA) is 48.1 Å². The Bertz CT molecular complexity index is 560. The molecule has 0 atom stereocenters. The highest BCUT2D eigenvalue weighted by Crippen LogP contribution is 2.27. The van der Waals surface area contributed by atoms with Gasteiger partial charge in [-0.15, -0.1) is 0 Å². The van der Waals surface area contributed by atoms with Crippen molar-refractivity contribution in [3.63, 3.8) is 0 Å². The number of pyridine rings is 1. The molecule has 3 nitrogen and oxygen atoms in total. The molecule has 0 fully saturated rings. The van der Waals surface area contributed by atoms with E-state index in [2.05, 4.69) is 20.9 Å². The highest BCUT2D eigenvalue weighted by molar-refractivity contribution is 9.10. The number of hydrogen-bond acceptors (Lipinski definition) is 3. The van der Waals surface area contributed by atoms with Gasteiger partial charge < -0.3 is 10.5 Å². The van der Waals surface area contributed by atoms with Crippen LogP contribution in [0.3, 0.4) is 0 Å². The lowest BCUT2D eigenvalue weighted by molar-refractivity contribution is 0.459. The number of ether oxygens (including phenoxy) is 1. The number of anilines is 1. The van der Waals surface area contributed by atoms with Crippen LogP contribution in [0.1, 0.15) is 5.69 Å². The van der Waals surface area contributed by atoms with E-state index in [1.54, 1.807) is 24.3 Å². The largest absolute Gasteiger partial charge is 0.437 e. The van der Waals surface area contributed by atoms with Crippen LogP contribution in [0.2, 0.25) is 0 Å². The van der Waals surface area contributed by atoms with Gasteiger partial charge in [0.15, 0.2) is 0 Å². The summed E-state index contributed by atoms with van der Waals surface area (Å²) >= 11 is 3.07. The third kappa shape index (κ3) is 2.74. The van der Waals surface area contributed by atoms with Crippen LogP contribution in [0.15, 0.2) is 34.8 Å². The Labute approximate surface area is 107 Å². The van der Waals surface area contributed by atoms with Gasteiger partial charge in [0.05, 0.1) is 10.2 Å². The molecule has 1 aromatic carbocycles. The highest BCUT2D eigenvalue weighted by Gasteiger charge is 2.06. The Hall–Kier alpha value is -1.62. The molecular weight excluding hydrogens is 287 g/mol. The van der Waals surface area contributed by atoms with E-state index >= 15 is 0 Å². The summed E-state index contributed by atoms with van der Waals surface area (Å²) in [6.45, 7) is 1.83. The van der Waals surface area contributed by atoms with E-state index < -0.39 is 5.82 Å². The lowest BCUT2D eigenvalue weighted by atomic mass is 10.3. The fourth-order valence-corrected chi connectivity index (χ4v) is 1.52.